The Morgan fingerprint density at radius 3 is 2.06 bits per heavy atom. The first-order valence-electron chi connectivity index (χ1n) is 12.6. The lowest BCUT2D eigenvalue weighted by Gasteiger charge is -2.38. The van der Waals surface area contributed by atoms with Crippen molar-refractivity contribution < 1.29 is 13.5 Å². The van der Waals surface area contributed by atoms with E-state index in [1.165, 1.54) is 89.2 Å². The molecule has 2 aliphatic carbocycles. The van der Waals surface area contributed by atoms with Crippen molar-refractivity contribution in [2.24, 2.45) is 23.7 Å². The number of nitrogens with zero attached hydrogens (tertiary/aromatic N) is 1. The SMILES string of the molecule is CCCCCCC[C@H]1CC[C@H]([C@H]2CC[C@H](COc3ccc(C#N)c(F)c3F)CC2)CC1. The van der Waals surface area contributed by atoms with Crippen LogP contribution in [0.25, 0.3) is 0 Å². The highest BCUT2D eigenvalue weighted by Gasteiger charge is 2.31. The maximum absolute atomic E-state index is 14.0. The summed E-state index contributed by atoms with van der Waals surface area (Å²) < 4.78 is 33.4. The molecule has 0 bridgehead atoms. The van der Waals surface area contributed by atoms with Crippen LogP contribution in [0.2, 0.25) is 0 Å². The zero-order valence-corrected chi connectivity index (χ0v) is 19.2. The van der Waals surface area contributed by atoms with Gasteiger partial charge >= 0.3 is 0 Å². The third kappa shape index (κ3) is 6.93. The Bertz CT molecular complexity index is 713. The smallest absolute Gasteiger partial charge is 0.201 e. The first-order chi connectivity index (χ1) is 15.1. The van der Waals surface area contributed by atoms with Crippen LogP contribution in [0, 0.1) is 46.6 Å². The van der Waals surface area contributed by atoms with E-state index in [1.807, 2.05) is 0 Å². The Kier molecular flexibility index (Phi) is 9.62. The van der Waals surface area contributed by atoms with Crippen molar-refractivity contribution in [2.45, 2.75) is 96.8 Å². The fourth-order valence-electron chi connectivity index (χ4n) is 5.75. The Labute approximate surface area is 187 Å². The van der Waals surface area contributed by atoms with Crippen LogP contribution in [-0.4, -0.2) is 6.61 Å². The van der Waals surface area contributed by atoms with E-state index < -0.39 is 11.6 Å². The molecule has 2 fully saturated rings. The minimum absolute atomic E-state index is 0.0772. The largest absolute Gasteiger partial charge is 0.490 e. The average molecular weight is 432 g/mol. The van der Waals surface area contributed by atoms with Gasteiger partial charge in [0, 0.05) is 0 Å². The molecule has 4 heteroatoms. The van der Waals surface area contributed by atoms with Crippen LogP contribution in [0.3, 0.4) is 0 Å². The molecule has 0 unspecified atom stereocenters. The highest BCUT2D eigenvalue weighted by atomic mass is 19.2. The summed E-state index contributed by atoms with van der Waals surface area (Å²) in [5.41, 5.74) is -0.281. The molecule has 0 spiro atoms. The Morgan fingerprint density at radius 1 is 0.839 bits per heavy atom. The lowest BCUT2D eigenvalue weighted by atomic mass is 9.69. The van der Waals surface area contributed by atoms with Crippen LogP contribution < -0.4 is 4.74 Å². The van der Waals surface area contributed by atoms with Crippen LogP contribution in [-0.2, 0) is 0 Å². The van der Waals surface area contributed by atoms with E-state index in [4.69, 9.17) is 10.00 Å². The van der Waals surface area contributed by atoms with Gasteiger partial charge in [0.05, 0.1) is 12.2 Å². The van der Waals surface area contributed by atoms with Crippen molar-refractivity contribution in [2.75, 3.05) is 6.61 Å². The van der Waals surface area contributed by atoms with Gasteiger partial charge in [0.2, 0.25) is 5.82 Å². The first kappa shape index (κ1) is 24.0. The molecule has 0 aliphatic heterocycles. The maximum Gasteiger partial charge on any atom is 0.201 e. The second-order valence-corrected chi connectivity index (χ2v) is 9.93. The molecule has 2 aliphatic rings. The summed E-state index contributed by atoms with van der Waals surface area (Å²) in [5.74, 6) is 0.870. The predicted molar refractivity (Wildman–Crippen MR) is 121 cm³/mol. The molecular weight excluding hydrogens is 392 g/mol. The summed E-state index contributed by atoms with van der Waals surface area (Å²) in [6.07, 6.45) is 18.8. The molecule has 0 heterocycles. The van der Waals surface area contributed by atoms with Crippen LogP contribution in [0.4, 0.5) is 8.78 Å². The van der Waals surface area contributed by atoms with Gasteiger partial charge in [-0.15, -0.1) is 0 Å². The molecule has 2 saturated carbocycles. The summed E-state index contributed by atoms with van der Waals surface area (Å²) in [6, 6.07) is 4.30. The molecule has 1 aromatic carbocycles. The van der Waals surface area contributed by atoms with E-state index >= 15 is 0 Å². The molecule has 0 amide bonds. The number of rotatable bonds is 10. The van der Waals surface area contributed by atoms with Crippen molar-refractivity contribution in [3.05, 3.63) is 29.3 Å². The number of hydrogen-bond acceptors (Lipinski definition) is 2. The number of halogens is 2. The Morgan fingerprint density at radius 2 is 1.45 bits per heavy atom. The lowest BCUT2D eigenvalue weighted by Crippen LogP contribution is -2.27. The molecule has 0 aromatic heterocycles. The van der Waals surface area contributed by atoms with Gasteiger partial charge in [-0.1, -0.05) is 58.3 Å². The molecular formula is C27H39F2NO. The van der Waals surface area contributed by atoms with E-state index in [0.717, 1.165) is 30.6 Å². The third-order valence-electron chi connectivity index (χ3n) is 7.81. The van der Waals surface area contributed by atoms with Crippen LogP contribution >= 0.6 is 0 Å². The van der Waals surface area contributed by atoms with E-state index in [-0.39, 0.29) is 11.3 Å². The fourth-order valence-corrected chi connectivity index (χ4v) is 5.75. The minimum atomic E-state index is -1.11. The van der Waals surface area contributed by atoms with Crippen LogP contribution in [0.1, 0.15) is 102 Å². The van der Waals surface area contributed by atoms with Crippen LogP contribution in [0.15, 0.2) is 12.1 Å². The van der Waals surface area contributed by atoms with Gasteiger partial charge in [-0.2, -0.15) is 9.65 Å². The third-order valence-corrected chi connectivity index (χ3v) is 7.81. The summed E-state index contributed by atoms with van der Waals surface area (Å²) in [7, 11) is 0. The van der Waals surface area contributed by atoms with Gasteiger partial charge in [-0.3, -0.25) is 0 Å². The van der Waals surface area contributed by atoms with E-state index in [9.17, 15) is 8.78 Å². The van der Waals surface area contributed by atoms with Gasteiger partial charge < -0.3 is 4.74 Å². The summed E-state index contributed by atoms with van der Waals surface area (Å²) in [6.45, 7) is 2.71. The van der Waals surface area contributed by atoms with Crippen molar-refractivity contribution in [3.63, 3.8) is 0 Å². The van der Waals surface area contributed by atoms with Crippen molar-refractivity contribution in [1.29, 1.82) is 5.26 Å². The monoisotopic (exact) mass is 431 g/mol. The zero-order chi connectivity index (χ0) is 22.1. The van der Waals surface area contributed by atoms with Gasteiger partial charge in [0.1, 0.15) is 6.07 Å². The Hall–Kier alpha value is -1.63. The van der Waals surface area contributed by atoms with Crippen molar-refractivity contribution in [3.8, 4) is 11.8 Å². The van der Waals surface area contributed by atoms with E-state index in [2.05, 4.69) is 6.92 Å². The van der Waals surface area contributed by atoms with Gasteiger partial charge in [0.25, 0.3) is 0 Å². The summed E-state index contributed by atoms with van der Waals surface area (Å²) in [4.78, 5) is 0. The van der Waals surface area contributed by atoms with Crippen molar-refractivity contribution in [1.82, 2.24) is 0 Å². The number of nitriles is 1. The topological polar surface area (TPSA) is 33.0 Å². The molecule has 31 heavy (non-hydrogen) atoms. The molecule has 0 saturated heterocycles. The molecule has 0 radical (unpaired) electrons. The zero-order valence-electron chi connectivity index (χ0n) is 19.2. The molecule has 0 atom stereocenters. The minimum Gasteiger partial charge on any atom is -0.490 e. The fraction of sp³-hybridized carbons (Fsp3) is 0.741. The number of benzene rings is 1. The van der Waals surface area contributed by atoms with Crippen molar-refractivity contribution >= 4 is 0 Å². The Balaban J connectivity index is 1.33. The first-order valence-corrected chi connectivity index (χ1v) is 12.6. The highest BCUT2D eigenvalue weighted by Crippen LogP contribution is 2.42. The van der Waals surface area contributed by atoms with E-state index in [0.29, 0.717) is 12.5 Å². The van der Waals surface area contributed by atoms with Gasteiger partial charge in [-0.05, 0) is 74.3 Å². The van der Waals surface area contributed by atoms with Gasteiger partial charge in [0.15, 0.2) is 11.6 Å². The molecule has 0 N–H and O–H groups in total. The molecule has 172 valence electrons. The number of unbranched alkanes of at least 4 members (excludes halogenated alkanes) is 4. The van der Waals surface area contributed by atoms with Crippen LogP contribution in [0.5, 0.6) is 5.75 Å². The molecule has 3 rings (SSSR count). The summed E-state index contributed by atoms with van der Waals surface area (Å²) in [5, 5.41) is 8.78. The van der Waals surface area contributed by atoms with E-state index in [1.54, 1.807) is 6.07 Å². The number of ether oxygens (including phenoxy) is 1. The van der Waals surface area contributed by atoms with Gasteiger partial charge in [-0.25, -0.2) is 4.39 Å². The second-order valence-electron chi connectivity index (χ2n) is 9.93. The predicted octanol–water partition coefficient (Wildman–Crippen LogP) is 8.19. The number of hydrogen-bond donors (Lipinski definition) is 0. The maximum atomic E-state index is 14.0. The lowest BCUT2D eigenvalue weighted by molar-refractivity contribution is 0.120. The molecule has 1 aromatic rings. The molecule has 2 nitrogen and oxygen atoms in total. The standard InChI is InChI=1S/C27H39F2NO/c1-2-3-4-5-6-7-20-8-12-22(13-9-20)23-14-10-21(11-15-23)19-31-25-17-16-24(18-30)26(28)27(25)29/h16-17,20-23H,2-15,19H2,1H3/t20-,21-,22-,23-. The quantitative estimate of drug-likeness (QED) is 0.350. The highest BCUT2D eigenvalue weighted by molar-refractivity contribution is 5.37. The average Bonchev–Trinajstić information content (AvgIpc) is 2.81. The second kappa shape index (κ2) is 12.4. The summed E-state index contributed by atoms with van der Waals surface area (Å²) >= 11 is 0. The normalized spacial score (nSPS) is 26.4.